The number of piperidine rings is 1. The Hall–Kier alpha value is -2.35. The standard InChI is InChI=1S/C19H23FN4O2S/c1-12(2)10-16-22-23-19(27-16)21-17(25)13-6-8-24(9-7-13)18(26)14-4-3-5-15(20)11-14/h3-5,11-13H,6-10H2,1-2H3,(H,21,23,25). The lowest BCUT2D eigenvalue weighted by atomic mass is 9.95. The van der Waals surface area contributed by atoms with Crippen molar-refractivity contribution in [3.8, 4) is 0 Å². The summed E-state index contributed by atoms with van der Waals surface area (Å²) in [6.45, 7) is 5.17. The number of halogens is 1. The quantitative estimate of drug-likeness (QED) is 0.849. The summed E-state index contributed by atoms with van der Waals surface area (Å²) in [5.41, 5.74) is 0.337. The monoisotopic (exact) mass is 390 g/mol. The Kier molecular flexibility index (Phi) is 6.15. The first kappa shape index (κ1) is 19.4. The predicted octanol–water partition coefficient (Wildman–Crippen LogP) is 3.37. The molecule has 1 fully saturated rings. The van der Waals surface area contributed by atoms with Gasteiger partial charge in [-0.05, 0) is 37.0 Å². The summed E-state index contributed by atoms with van der Waals surface area (Å²) in [4.78, 5) is 26.6. The maximum Gasteiger partial charge on any atom is 0.253 e. The molecule has 1 N–H and O–H groups in total. The molecule has 2 aromatic rings. The van der Waals surface area contributed by atoms with Crippen LogP contribution in [-0.2, 0) is 11.2 Å². The van der Waals surface area contributed by atoms with Gasteiger partial charge in [-0.25, -0.2) is 4.39 Å². The van der Waals surface area contributed by atoms with E-state index in [-0.39, 0.29) is 17.7 Å². The zero-order chi connectivity index (χ0) is 19.4. The Morgan fingerprint density at radius 1 is 1.30 bits per heavy atom. The van der Waals surface area contributed by atoms with Gasteiger partial charge in [-0.2, -0.15) is 0 Å². The van der Waals surface area contributed by atoms with Crippen LogP contribution in [0.15, 0.2) is 24.3 Å². The third-order valence-corrected chi connectivity index (χ3v) is 5.37. The van der Waals surface area contributed by atoms with E-state index in [1.165, 1.54) is 29.5 Å². The molecule has 0 spiro atoms. The van der Waals surface area contributed by atoms with Gasteiger partial charge < -0.3 is 10.2 Å². The normalized spacial score (nSPS) is 15.2. The lowest BCUT2D eigenvalue weighted by molar-refractivity contribution is -0.121. The van der Waals surface area contributed by atoms with Crippen LogP contribution in [0.2, 0.25) is 0 Å². The summed E-state index contributed by atoms with van der Waals surface area (Å²) in [6.07, 6.45) is 1.99. The van der Waals surface area contributed by atoms with Crippen molar-refractivity contribution in [3.63, 3.8) is 0 Å². The summed E-state index contributed by atoms with van der Waals surface area (Å²) in [5.74, 6) is -0.389. The minimum absolute atomic E-state index is 0.0832. The van der Waals surface area contributed by atoms with Crippen molar-refractivity contribution in [1.29, 1.82) is 0 Å². The number of amides is 2. The molecule has 6 nitrogen and oxygen atoms in total. The molecule has 8 heteroatoms. The van der Waals surface area contributed by atoms with Crippen LogP contribution in [0.25, 0.3) is 0 Å². The fourth-order valence-electron chi connectivity index (χ4n) is 3.09. The zero-order valence-corrected chi connectivity index (χ0v) is 16.3. The molecule has 0 atom stereocenters. The molecule has 0 radical (unpaired) electrons. The van der Waals surface area contributed by atoms with E-state index in [1.807, 2.05) is 0 Å². The number of benzene rings is 1. The molecule has 1 saturated heterocycles. The Labute approximate surface area is 161 Å². The molecule has 2 amide bonds. The number of anilines is 1. The van der Waals surface area contributed by atoms with Crippen molar-refractivity contribution in [2.24, 2.45) is 11.8 Å². The minimum Gasteiger partial charge on any atom is -0.339 e. The van der Waals surface area contributed by atoms with E-state index in [0.717, 1.165) is 11.4 Å². The van der Waals surface area contributed by atoms with Crippen LogP contribution in [0, 0.1) is 17.7 Å². The second-order valence-electron chi connectivity index (χ2n) is 7.16. The molecule has 1 aromatic carbocycles. The second kappa shape index (κ2) is 8.56. The number of nitrogens with zero attached hydrogens (tertiary/aromatic N) is 3. The van der Waals surface area contributed by atoms with E-state index in [4.69, 9.17) is 0 Å². The maximum atomic E-state index is 13.3. The predicted molar refractivity (Wildman–Crippen MR) is 102 cm³/mol. The van der Waals surface area contributed by atoms with Gasteiger partial charge in [-0.3, -0.25) is 9.59 Å². The van der Waals surface area contributed by atoms with E-state index in [2.05, 4.69) is 29.4 Å². The van der Waals surface area contributed by atoms with Crippen molar-refractivity contribution in [2.75, 3.05) is 18.4 Å². The molecule has 1 aliphatic heterocycles. The van der Waals surface area contributed by atoms with Crippen LogP contribution >= 0.6 is 11.3 Å². The molecule has 144 valence electrons. The number of hydrogen-bond acceptors (Lipinski definition) is 5. The highest BCUT2D eigenvalue weighted by Crippen LogP contribution is 2.23. The van der Waals surface area contributed by atoms with Gasteiger partial charge >= 0.3 is 0 Å². The van der Waals surface area contributed by atoms with Crippen LogP contribution in [0.5, 0.6) is 0 Å². The van der Waals surface area contributed by atoms with E-state index in [0.29, 0.717) is 42.5 Å². The highest BCUT2D eigenvalue weighted by Gasteiger charge is 2.28. The van der Waals surface area contributed by atoms with Gasteiger partial charge in [0, 0.05) is 31.0 Å². The molecular weight excluding hydrogens is 367 g/mol. The van der Waals surface area contributed by atoms with E-state index < -0.39 is 5.82 Å². The summed E-state index contributed by atoms with van der Waals surface area (Å²) >= 11 is 1.40. The van der Waals surface area contributed by atoms with E-state index in [1.54, 1.807) is 11.0 Å². The molecule has 0 aliphatic carbocycles. The molecule has 0 unspecified atom stereocenters. The zero-order valence-electron chi connectivity index (χ0n) is 15.4. The van der Waals surface area contributed by atoms with Crippen LogP contribution in [0.4, 0.5) is 9.52 Å². The van der Waals surface area contributed by atoms with Crippen LogP contribution < -0.4 is 5.32 Å². The van der Waals surface area contributed by atoms with E-state index in [9.17, 15) is 14.0 Å². The lowest BCUT2D eigenvalue weighted by Crippen LogP contribution is -2.41. The molecular formula is C19H23FN4O2S. The lowest BCUT2D eigenvalue weighted by Gasteiger charge is -2.31. The largest absolute Gasteiger partial charge is 0.339 e. The number of aromatic nitrogens is 2. The van der Waals surface area contributed by atoms with Gasteiger partial charge in [0.1, 0.15) is 10.8 Å². The Morgan fingerprint density at radius 3 is 2.70 bits per heavy atom. The molecule has 2 heterocycles. The number of rotatable bonds is 5. The van der Waals surface area contributed by atoms with Crippen LogP contribution in [-0.4, -0.2) is 40.0 Å². The van der Waals surface area contributed by atoms with Gasteiger partial charge in [0.15, 0.2) is 0 Å². The third kappa shape index (κ3) is 5.09. The molecule has 1 aromatic heterocycles. The number of likely N-dealkylation sites (tertiary alicyclic amines) is 1. The maximum absolute atomic E-state index is 13.3. The van der Waals surface area contributed by atoms with Crippen molar-refractivity contribution in [3.05, 3.63) is 40.7 Å². The number of carbonyl (C=O) groups excluding carboxylic acids is 2. The van der Waals surface area contributed by atoms with Gasteiger partial charge in [-0.1, -0.05) is 31.3 Å². The summed E-state index contributed by atoms with van der Waals surface area (Å²) in [6, 6.07) is 5.69. The Balaban J connectivity index is 1.52. The van der Waals surface area contributed by atoms with Gasteiger partial charge in [0.05, 0.1) is 0 Å². The fourth-order valence-corrected chi connectivity index (χ4v) is 4.05. The number of hydrogen-bond donors (Lipinski definition) is 1. The fraction of sp³-hybridized carbons (Fsp3) is 0.474. The highest BCUT2D eigenvalue weighted by atomic mass is 32.1. The highest BCUT2D eigenvalue weighted by molar-refractivity contribution is 7.15. The molecule has 1 aliphatic rings. The summed E-state index contributed by atoms with van der Waals surface area (Å²) in [5, 5.41) is 12.4. The van der Waals surface area contributed by atoms with Crippen LogP contribution in [0.3, 0.4) is 0 Å². The van der Waals surface area contributed by atoms with Gasteiger partial charge in [0.25, 0.3) is 5.91 Å². The van der Waals surface area contributed by atoms with Gasteiger partial charge in [0.2, 0.25) is 11.0 Å². The smallest absolute Gasteiger partial charge is 0.253 e. The molecule has 3 rings (SSSR count). The van der Waals surface area contributed by atoms with Crippen molar-refractivity contribution < 1.29 is 14.0 Å². The van der Waals surface area contributed by atoms with Gasteiger partial charge in [-0.15, -0.1) is 10.2 Å². The summed E-state index contributed by atoms with van der Waals surface area (Å²) < 4.78 is 13.3. The summed E-state index contributed by atoms with van der Waals surface area (Å²) in [7, 11) is 0. The van der Waals surface area contributed by atoms with Crippen molar-refractivity contribution >= 4 is 28.3 Å². The Morgan fingerprint density at radius 2 is 2.04 bits per heavy atom. The van der Waals surface area contributed by atoms with Crippen LogP contribution in [0.1, 0.15) is 42.1 Å². The SMILES string of the molecule is CC(C)Cc1nnc(NC(=O)C2CCN(C(=O)c3cccc(F)c3)CC2)s1. The van der Waals surface area contributed by atoms with Crippen molar-refractivity contribution in [2.45, 2.75) is 33.1 Å². The topological polar surface area (TPSA) is 75.2 Å². The first-order valence-corrected chi connectivity index (χ1v) is 9.92. The average Bonchev–Trinajstić information content (AvgIpc) is 3.07. The Bertz CT molecular complexity index is 816. The van der Waals surface area contributed by atoms with Crippen molar-refractivity contribution in [1.82, 2.24) is 15.1 Å². The molecule has 27 heavy (non-hydrogen) atoms. The molecule has 0 saturated carbocycles. The first-order valence-electron chi connectivity index (χ1n) is 9.10. The minimum atomic E-state index is -0.427. The first-order chi connectivity index (χ1) is 12.9. The van der Waals surface area contributed by atoms with E-state index >= 15 is 0 Å². The number of nitrogens with one attached hydrogen (secondary N) is 1. The second-order valence-corrected chi connectivity index (χ2v) is 8.23. The molecule has 0 bridgehead atoms. The average molecular weight is 390 g/mol. The number of carbonyl (C=O) groups is 2. The third-order valence-electron chi connectivity index (χ3n) is 4.50.